The van der Waals surface area contributed by atoms with E-state index in [4.69, 9.17) is 9.84 Å². The first kappa shape index (κ1) is 19.4. The number of nitrogens with one attached hydrogen (secondary N) is 2. The van der Waals surface area contributed by atoms with Gasteiger partial charge in [0.05, 0.1) is 17.6 Å². The summed E-state index contributed by atoms with van der Waals surface area (Å²) in [4.78, 5) is 38.3. The Morgan fingerprint density at radius 2 is 2.11 bits per heavy atom. The van der Waals surface area contributed by atoms with Gasteiger partial charge < -0.3 is 20.3 Å². The van der Waals surface area contributed by atoms with Crippen LogP contribution in [0.2, 0.25) is 0 Å². The maximum Gasteiger partial charge on any atom is 0.351 e. The van der Waals surface area contributed by atoms with E-state index in [2.05, 4.69) is 15.6 Å². The zero-order valence-electron chi connectivity index (χ0n) is 14.4. The third-order valence-corrected chi connectivity index (χ3v) is 4.11. The number of aliphatic hydroxyl groups is 2. The molecule has 12 heteroatoms. The predicted molar refractivity (Wildman–Crippen MR) is 95.9 cm³/mol. The maximum atomic E-state index is 12.2. The van der Waals surface area contributed by atoms with E-state index in [0.717, 1.165) is 4.57 Å². The van der Waals surface area contributed by atoms with Gasteiger partial charge in [-0.25, -0.2) is 9.59 Å². The highest BCUT2D eigenvalue weighted by atomic mass is 16.6. The van der Waals surface area contributed by atoms with E-state index in [1.807, 2.05) is 0 Å². The Kier molecular flexibility index (Phi) is 5.63. The molecule has 1 aromatic carbocycles. The van der Waals surface area contributed by atoms with E-state index >= 15 is 0 Å². The zero-order valence-corrected chi connectivity index (χ0v) is 14.4. The van der Waals surface area contributed by atoms with Gasteiger partial charge in [0, 0.05) is 18.7 Å². The molecule has 0 saturated carbocycles. The number of anilines is 2. The molecule has 2 aromatic rings. The standard InChI is InChI=1S/C16H17N5O7/c22-8-12-11(23)7-14(28-12)20-6-5-13(19-16(20)25)18-15(24)17-9-3-1-2-4-10(9)21(26)27/h1-6,11-12,14,22-23H,7-8H2,(H2,17,18,19,24,25)/t11-,12?,14-/m1/s1. The zero-order chi connectivity index (χ0) is 20.3. The fraction of sp³-hybridized carbons (Fsp3) is 0.312. The number of benzene rings is 1. The quantitative estimate of drug-likeness (QED) is 0.420. The molecule has 1 unspecified atom stereocenters. The van der Waals surface area contributed by atoms with Crippen LogP contribution in [0.5, 0.6) is 0 Å². The number of aliphatic hydroxyl groups excluding tert-OH is 2. The van der Waals surface area contributed by atoms with Crippen LogP contribution in [0, 0.1) is 10.1 Å². The third-order valence-electron chi connectivity index (χ3n) is 4.11. The van der Waals surface area contributed by atoms with Crippen molar-refractivity contribution >= 4 is 23.2 Å². The van der Waals surface area contributed by atoms with Crippen LogP contribution < -0.4 is 16.3 Å². The van der Waals surface area contributed by atoms with Gasteiger partial charge in [-0.3, -0.25) is 20.0 Å². The molecule has 2 amide bonds. The molecular weight excluding hydrogens is 374 g/mol. The number of ether oxygens (including phenoxy) is 1. The molecule has 4 N–H and O–H groups in total. The smallest absolute Gasteiger partial charge is 0.351 e. The minimum Gasteiger partial charge on any atom is -0.394 e. The third kappa shape index (κ3) is 4.14. The number of nitro benzene ring substituents is 1. The predicted octanol–water partition coefficient (Wildman–Crippen LogP) is 0.436. The number of aromatic nitrogens is 2. The SMILES string of the molecule is O=C(Nc1ccn([C@H]2C[C@@H](O)C(CO)O2)c(=O)n1)Nc1ccccc1[N+](=O)[O-]. The Hall–Kier alpha value is -3.35. The van der Waals surface area contributed by atoms with Gasteiger partial charge >= 0.3 is 11.7 Å². The van der Waals surface area contributed by atoms with Crippen molar-refractivity contribution in [1.82, 2.24) is 9.55 Å². The van der Waals surface area contributed by atoms with Gasteiger partial charge in [0.25, 0.3) is 5.69 Å². The summed E-state index contributed by atoms with van der Waals surface area (Å²) in [5.74, 6) is -0.0745. The Morgan fingerprint density at radius 1 is 1.36 bits per heavy atom. The van der Waals surface area contributed by atoms with Gasteiger partial charge in [-0.1, -0.05) is 12.1 Å². The first-order chi connectivity index (χ1) is 13.4. The summed E-state index contributed by atoms with van der Waals surface area (Å²) in [6.45, 7) is -0.384. The van der Waals surface area contributed by atoms with Crippen LogP contribution in [-0.2, 0) is 4.74 Å². The van der Waals surface area contributed by atoms with E-state index in [0.29, 0.717) is 0 Å². The fourth-order valence-electron chi connectivity index (χ4n) is 2.76. The van der Waals surface area contributed by atoms with Gasteiger partial charge in [-0.05, 0) is 12.1 Å². The lowest BCUT2D eigenvalue weighted by Gasteiger charge is -2.14. The molecule has 12 nitrogen and oxygen atoms in total. The van der Waals surface area contributed by atoms with Crippen molar-refractivity contribution in [3.05, 3.63) is 57.1 Å². The molecule has 148 valence electrons. The van der Waals surface area contributed by atoms with Crippen LogP contribution in [0.25, 0.3) is 0 Å². The Balaban J connectivity index is 1.69. The van der Waals surface area contributed by atoms with Crippen molar-refractivity contribution in [3.8, 4) is 0 Å². The normalized spacial score (nSPS) is 21.3. The highest BCUT2D eigenvalue weighted by molar-refractivity contribution is 6.00. The van der Waals surface area contributed by atoms with Gasteiger partial charge in [-0.2, -0.15) is 4.98 Å². The molecule has 0 aliphatic carbocycles. The number of hydrogen-bond acceptors (Lipinski definition) is 8. The minimum absolute atomic E-state index is 0.0123. The molecule has 1 saturated heterocycles. The van der Waals surface area contributed by atoms with Gasteiger partial charge in [0.1, 0.15) is 23.8 Å². The van der Waals surface area contributed by atoms with Crippen LogP contribution in [0.15, 0.2) is 41.3 Å². The lowest BCUT2D eigenvalue weighted by molar-refractivity contribution is -0.383. The van der Waals surface area contributed by atoms with Crippen molar-refractivity contribution in [3.63, 3.8) is 0 Å². The second kappa shape index (κ2) is 8.12. The van der Waals surface area contributed by atoms with Gasteiger partial charge in [0.15, 0.2) is 0 Å². The van der Waals surface area contributed by atoms with Crippen molar-refractivity contribution in [2.75, 3.05) is 17.2 Å². The monoisotopic (exact) mass is 391 g/mol. The molecule has 1 aromatic heterocycles. The Morgan fingerprint density at radius 3 is 2.75 bits per heavy atom. The molecule has 1 fully saturated rings. The summed E-state index contributed by atoms with van der Waals surface area (Å²) in [5.41, 5.74) is -1.03. The highest BCUT2D eigenvalue weighted by Gasteiger charge is 2.34. The van der Waals surface area contributed by atoms with Crippen LogP contribution in [0.3, 0.4) is 0 Å². The molecule has 28 heavy (non-hydrogen) atoms. The summed E-state index contributed by atoms with van der Waals surface area (Å²) in [6, 6.07) is 6.12. The topological polar surface area (TPSA) is 169 Å². The summed E-state index contributed by atoms with van der Waals surface area (Å²) >= 11 is 0. The van der Waals surface area contributed by atoms with Gasteiger partial charge in [-0.15, -0.1) is 0 Å². The number of nitrogens with zero attached hydrogens (tertiary/aromatic N) is 3. The fourth-order valence-corrected chi connectivity index (χ4v) is 2.76. The number of rotatable bonds is 5. The molecule has 0 bridgehead atoms. The molecule has 1 aliphatic heterocycles. The first-order valence-corrected chi connectivity index (χ1v) is 8.24. The summed E-state index contributed by atoms with van der Waals surface area (Å²) in [7, 11) is 0. The Labute approximate surface area is 157 Å². The molecule has 3 atom stereocenters. The van der Waals surface area contributed by atoms with Crippen molar-refractivity contribution in [1.29, 1.82) is 0 Å². The van der Waals surface area contributed by atoms with Crippen LogP contribution in [0.1, 0.15) is 12.6 Å². The average molecular weight is 391 g/mol. The second-order valence-electron chi connectivity index (χ2n) is 5.97. The lowest BCUT2D eigenvalue weighted by atomic mass is 10.2. The first-order valence-electron chi connectivity index (χ1n) is 8.24. The second-order valence-corrected chi connectivity index (χ2v) is 5.97. The van der Waals surface area contributed by atoms with E-state index in [9.17, 15) is 24.8 Å². The van der Waals surface area contributed by atoms with Crippen molar-refractivity contribution in [2.24, 2.45) is 0 Å². The number of amides is 2. The highest BCUT2D eigenvalue weighted by Crippen LogP contribution is 2.27. The average Bonchev–Trinajstić information content (AvgIpc) is 3.02. The lowest BCUT2D eigenvalue weighted by Crippen LogP contribution is -2.29. The molecule has 0 spiro atoms. The van der Waals surface area contributed by atoms with E-state index in [-0.39, 0.29) is 30.2 Å². The van der Waals surface area contributed by atoms with Crippen LogP contribution in [-0.4, -0.2) is 49.5 Å². The number of carbonyl (C=O) groups is 1. The molecule has 0 radical (unpaired) electrons. The van der Waals surface area contributed by atoms with E-state index in [1.54, 1.807) is 0 Å². The van der Waals surface area contributed by atoms with Crippen molar-refractivity contribution < 1.29 is 24.7 Å². The largest absolute Gasteiger partial charge is 0.394 e. The number of carbonyl (C=O) groups excluding carboxylic acids is 1. The summed E-state index contributed by atoms with van der Waals surface area (Å²) in [5, 5.41) is 34.5. The van der Waals surface area contributed by atoms with Crippen molar-refractivity contribution in [2.45, 2.75) is 24.9 Å². The minimum atomic E-state index is -0.910. The van der Waals surface area contributed by atoms with Crippen LogP contribution >= 0.6 is 0 Å². The van der Waals surface area contributed by atoms with Crippen LogP contribution in [0.4, 0.5) is 22.0 Å². The number of para-hydroxylation sites is 2. The molecule has 2 heterocycles. The molecule has 3 rings (SSSR count). The number of nitro groups is 1. The molecule has 1 aliphatic rings. The van der Waals surface area contributed by atoms with E-state index < -0.39 is 35.1 Å². The number of urea groups is 1. The van der Waals surface area contributed by atoms with Gasteiger partial charge in [0.2, 0.25) is 0 Å². The summed E-state index contributed by atoms with van der Waals surface area (Å²) in [6.07, 6.45) is -1.05. The summed E-state index contributed by atoms with van der Waals surface area (Å²) < 4.78 is 6.51. The number of hydrogen-bond donors (Lipinski definition) is 4. The Bertz CT molecular complexity index is 947. The molecular formula is C16H17N5O7. The van der Waals surface area contributed by atoms with E-state index in [1.165, 1.54) is 36.5 Å². The maximum absolute atomic E-state index is 12.2.